The lowest BCUT2D eigenvalue weighted by Gasteiger charge is -2.03. The third kappa shape index (κ3) is 2.46. The van der Waals surface area contributed by atoms with Gasteiger partial charge >= 0.3 is 0 Å². The Hall–Kier alpha value is -2.42. The molecule has 0 fully saturated rings. The summed E-state index contributed by atoms with van der Waals surface area (Å²) >= 11 is 0. The normalized spacial score (nSPS) is 10.1. The van der Waals surface area contributed by atoms with Crippen LogP contribution in [-0.4, -0.2) is 16.7 Å². The molecule has 0 radical (unpaired) electrons. The summed E-state index contributed by atoms with van der Waals surface area (Å²) in [5.74, 6) is -0.127. The van der Waals surface area contributed by atoms with Crippen molar-refractivity contribution in [1.82, 2.24) is 0 Å². The highest BCUT2D eigenvalue weighted by Gasteiger charge is 2.10. The zero-order valence-electron chi connectivity index (χ0n) is 9.88. The van der Waals surface area contributed by atoms with Crippen LogP contribution in [0.3, 0.4) is 0 Å². The number of aromatic hydroxyl groups is 1. The second-order valence-electron chi connectivity index (χ2n) is 4.01. The summed E-state index contributed by atoms with van der Waals surface area (Å²) in [5.41, 5.74) is 1.46. The molecule has 3 nitrogen and oxygen atoms in total. The molecule has 0 aliphatic carbocycles. The van der Waals surface area contributed by atoms with Crippen LogP contribution in [0.4, 0.5) is 0 Å². The van der Waals surface area contributed by atoms with Crippen LogP contribution >= 0.6 is 0 Å². The summed E-state index contributed by atoms with van der Waals surface area (Å²) < 4.78 is 0. The molecule has 0 amide bonds. The lowest BCUT2D eigenvalue weighted by atomic mass is 10.0. The van der Waals surface area contributed by atoms with E-state index < -0.39 is 0 Å². The van der Waals surface area contributed by atoms with E-state index in [1.165, 1.54) is 19.1 Å². The highest BCUT2D eigenvalue weighted by Crippen LogP contribution is 2.15. The maximum Gasteiger partial charge on any atom is 0.193 e. The maximum atomic E-state index is 12.1. The number of benzene rings is 2. The van der Waals surface area contributed by atoms with Crippen LogP contribution in [0.2, 0.25) is 0 Å². The van der Waals surface area contributed by atoms with Gasteiger partial charge in [-0.25, -0.2) is 0 Å². The first kappa shape index (κ1) is 12.0. The molecule has 0 spiro atoms. The number of hydrogen-bond acceptors (Lipinski definition) is 3. The molecule has 0 saturated carbocycles. The molecule has 18 heavy (non-hydrogen) atoms. The van der Waals surface area contributed by atoms with E-state index in [0.717, 1.165) is 0 Å². The predicted octanol–water partition coefficient (Wildman–Crippen LogP) is 2.83. The Morgan fingerprint density at radius 2 is 1.50 bits per heavy atom. The van der Waals surface area contributed by atoms with Crippen LogP contribution in [0.1, 0.15) is 33.2 Å². The lowest BCUT2D eigenvalue weighted by molar-refractivity contribution is 0.101. The number of ketones is 2. The van der Waals surface area contributed by atoms with Crippen LogP contribution in [0.5, 0.6) is 5.75 Å². The van der Waals surface area contributed by atoms with Gasteiger partial charge in [0.05, 0.1) is 0 Å². The van der Waals surface area contributed by atoms with Gasteiger partial charge in [0.15, 0.2) is 11.6 Å². The van der Waals surface area contributed by atoms with Gasteiger partial charge in [-0.05, 0) is 37.3 Å². The lowest BCUT2D eigenvalue weighted by Crippen LogP contribution is -2.03. The van der Waals surface area contributed by atoms with Crippen molar-refractivity contribution in [3.63, 3.8) is 0 Å². The van der Waals surface area contributed by atoms with Crippen molar-refractivity contribution >= 4 is 11.6 Å². The molecule has 0 aliphatic heterocycles. The second-order valence-corrected chi connectivity index (χ2v) is 4.01. The molecule has 0 atom stereocenters. The van der Waals surface area contributed by atoms with Gasteiger partial charge in [0.1, 0.15) is 5.75 Å². The van der Waals surface area contributed by atoms with Gasteiger partial charge in [-0.3, -0.25) is 9.59 Å². The van der Waals surface area contributed by atoms with Gasteiger partial charge in [0.2, 0.25) is 0 Å². The Kier molecular flexibility index (Phi) is 3.24. The van der Waals surface area contributed by atoms with Crippen molar-refractivity contribution in [2.75, 3.05) is 0 Å². The number of rotatable bonds is 3. The van der Waals surface area contributed by atoms with Gasteiger partial charge in [0.25, 0.3) is 0 Å². The first-order chi connectivity index (χ1) is 8.58. The minimum absolute atomic E-state index is 0.0737. The fraction of sp³-hybridized carbons (Fsp3) is 0.0667. The smallest absolute Gasteiger partial charge is 0.193 e. The van der Waals surface area contributed by atoms with Gasteiger partial charge in [0, 0.05) is 16.7 Å². The molecule has 0 aliphatic rings. The Morgan fingerprint density at radius 1 is 0.889 bits per heavy atom. The minimum atomic E-state index is -0.168. The van der Waals surface area contributed by atoms with Crippen molar-refractivity contribution in [3.05, 3.63) is 65.2 Å². The Bertz CT molecular complexity index is 597. The predicted molar refractivity (Wildman–Crippen MR) is 68.0 cm³/mol. The Balaban J connectivity index is 2.37. The second kappa shape index (κ2) is 4.84. The summed E-state index contributed by atoms with van der Waals surface area (Å²) in [6.45, 7) is 1.46. The molecule has 2 aromatic carbocycles. The van der Waals surface area contributed by atoms with E-state index in [1.807, 2.05) is 0 Å². The average Bonchev–Trinajstić information content (AvgIpc) is 2.39. The van der Waals surface area contributed by atoms with Crippen molar-refractivity contribution in [1.29, 1.82) is 0 Å². The zero-order chi connectivity index (χ0) is 13.1. The van der Waals surface area contributed by atoms with Gasteiger partial charge in [-0.1, -0.05) is 18.2 Å². The average molecular weight is 240 g/mol. The van der Waals surface area contributed by atoms with Crippen LogP contribution in [0.25, 0.3) is 0 Å². The van der Waals surface area contributed by atoms with Gasteiger partial charge < -0.3 is 5.11 Å². The Labute approximate surface area is 105 Å². The molecule has 0 heterocycles. The van der Waals surface area contributed by atoms with E-state index in [1.54, 1.807) is 36.4 Å². The number of carbonyl (C=O) groups is 2. The summed E-state index contributed by atoms with van der Waals surface area (Å²) in [5, 5.41) is 9.17. The first-order valence-corrected chi connectivity index (χ1v) is 5.52. The number of phenols is 1. The fourth-order valence-corrected chi connectivity index (χ4v) is 1.66. The molecule has 0 bridgehead atoms. The summed E-state index contributed by atoms with van der Waals surface area (Å²) in [4.78, 5) is 23.4. The van der Waals surface area contributed by atoms with Crippen molar-refractivity contribution in [3.8, 4) is 5.75 Å². The van der Waals surface area contributed by atoms with Crippen LogP contribution in [0, 0.1) is 0 Å². The highest BCUT2D eigenvalue weighted by atomic mass is 16.3. The molecule has 1 N–H and O–H groups in total. The highest BCUT2D eigenvalue weighted by molar-refractivity contribution is 6.10. The standard InChI is InChI=1S/C15H12O3/c1-10(16)12-3-2-4-13(9-12)15(18)11-5-7-14(17)8-6-11/h2-9,17H,1H3. The van der Waals surface area contributed by atoms with Crippen molar-refractivity contribution in [2.45, 2.75) is 6.92 Å². The maximum absolute atomic E-state index is 12.1. The molecular formula is C15H12O3. The van der Waals surface area contributed by atoms with E-state index in [2.05, 4.69) is 0 Å². The number of Topliss-reactive ketones (excluding diaryl/α,β-unsaturated/α-hetero) is 1. The van der Waals surface area contributed by atoms with Gasteiger partial charge in [-0.2, -0.15) is 0 Å². The van der Waals surface area contributed by atoms with Crippen LogP contribution in [0.15, 0.2) is 48.5 Å². The SMILES string of the molecule is CC(=O)c1cccc(C(=O)c2ccc(O)cc2)c1. The monoisotopic (exact) mass is 240 g/mol. The topological polar surface area (TPSA) is 54.4 Å². The summed E-state index contributed by atoms with van der Waals surface area (Å²) in [7, 11) is 0. The van der Waals surface area contributed by atoms with E-state index in [-0.39, 0.29) is 17.3 Å². The zero-order valence-corrected chi connectivity index (χ0v) is 9.88. The molecule has 3 heteroatoms. The van der Waals surface area contributed by atoms with Crippen LogP contribution in [-0.2, 0) is 0 Å². The molecule has 90 valence electrons. The summed E-state index contributed by atoms with van der Waals surface area (Å²) in [6.07, 6.45) is 0. The van der Waals surface area contributed by atoms with E-state index in [4.69, 9.17) is 5.11 Å². The third-order valence-corrected chi connectivity index (χ3v) is 2.66. The van der Waals surface area contributed by atoms with Crippen LogP contribution < -0.4 is 0 Å². The number of phenolic OH excluding ortho intramolecular Hbond substituents is 1. The van der Waals surface area contributed by atoms with Crippen molar-refractivity contribution < 1.29 is 14.7 Å². The molecule has 2 rings (SSSR count). The summed E-state index contributed by atoms with van der Waals surface area (Å²) in [6, 6.07) is 12.6. The minimum Gasteiger partial charge on any atom is -0.508 e. The number of carbonyl (C=O) groups excluding carboxylic acids is 2. The molecule has 0 saturated heterocycles. The third-order valence-electron chi connectivity index (χ3n) is 2.66. The number of hydrogen-bond donors (Lipinski definition) is 1. The molecule has 0 unspecified atom stereocenters. The largest absolute Gasteiger partial charge is 0.508 e. The molecule has 0 aromatic heterocycles. The molecular weight excluding hydrogens is 228 g/mol. The fourth-order valence-electron chi connectivity index (χ4n) is 1.66. The van der Waals surface area contributed by atoms with E-state index in [9.17, 15) is 9.59 Å². The Morgan fingerprint density at radius 3 is 2.11 bits per heavy atom. The quantitative estimate of drug-likeness (QED) is 0.839. The van der Waals surface area contributed by atoms with E-state index in [0.29, 0.717) is 16.7 Å². The van der Waals surface area contributed by atoms with E-state index >= 15 is 0 Å². The van der Waals surface area contributed by atoms with Gasteiger partial charge in [-0.15, -0.1) is 0 Å². The van der Waals surface area contributed by atoms with Crippen molar-refractivity contribution in [2.24, 2.45) is 0 Å². The molecule has 2 aromatic rings. The first-order valence-electron chi connectivity index (χ1n) is 5.52.